The maximum absolute atomic E-state index is 12.1. The van der Waals surface area contributed by atoms with Crippen LogP contribution in [0.15, 0.2) is 16.5 Å². The van der Waals surface area contributed by atoms with Crippen molar-refractivity contribution < 1.29 is 18.7 Å². The standard InChI is InChI=1S/C13H20N2O4/c1-4-14-12(16)8-15(5-2)13(17)11-7-6-10(19-11)9-18-3/h6-7H,4-5,8-9H2,1-3H3,(H,14,16). The van der Waals surface area contributed by atoms with Gasteiger partial charge in [-0.3, -0.25) is 9.59 Å². The first kappa shape index (κ1) is 15.2. The molecule has 0 fully saturated rings. The molecule has 19 heavy (non-hydrogen) atoms. The molecule has 0 atom stereocenters. The van der Waals surface area contributed by atoms with Gasteiger partial charge in [0.2, 0.25) is 5.91 Å². The number of ether oxygens (including phenoxy) is 1. The monoisotopic (exact) mass is 268 g/mol. The summed E-state index contributed by atoms with van der Waals surface area (Å²) >= 11 is 0. The third-order valence-corrected chi connectivity index (χ3v) is 2.54. The van der Waals surface area contributed by atoms with Gasteiger partial charge in [-0.2, -0.15) is 0 Å². The predicted octanol–water partition coefficient (Wildman–Crippen LogP) is 1.02. The summed E-state index contributed by atoms with van der Waals surface area (Å²) in [6.07, 6.45) is 0. The highest BCUT2D eigenvalue weighted by Gasteiger charge is 2.20. The van der Waals surface area contributed by atoms with E-state index in [-0.39, 0.29) is 24.1 Å². The fourth-order valence-electron chi connectivity index (χ4n) is 1.62. The quantitative estimate of drug-likeness (QED) is 0.801. The molecular weight excluding hydrogens is 248 g/mol. The number of nitrogens with one attached hydrogen (secondary N) is 1. The summed E-state index contributed by atoms with van der Waals surface area (Å²) in [7, 11) is 1.55. The third-order valence-electron chi connectivity index (χ3n) is 2.54. The molecule has 0 aliphatic rings. The van der Waals surface area contributed by atoms with Crippen molar-refractivity contribution in [2.75, 3.05) is 26.7 Å². The molecule has 6 heteroatoms. The van der Waals surface area contributed by atoms with Crippen LogP contribution in [0.5, 0.6) is 0 Å². The normalized spacial score (nSPS) is 10.3. The van der Waals surface area contributed by atoms with Gasteiger partial charge < -0.3 is 19.4 Å². The highest BCUT2D eigenvalue weighted by atomic mass is 16.5. The number of furan rings is 1. The average Bonchev–Trinajstić information content (AvgIpc) is 2.84. The van der Waals surface area contributed by atoms with Gasteiger partial charge in [-0.15, -0.1) is 0 Å². The second-order valence-corrected chi connectivity index (χ2v) is 3.97. The number of rotatable bonds is 7. The molecule has 0 bridgehead atoms. The van der Waals surface area contributed by atoms with E-state index in [2.05, 4.69) is 5.32 Å². The molecule has 0 saturated heterocycles. The van der Waals surface area contributed by atoms with Crippen LogP contribution in [0.4, 0.5) is 0 Å². The molecule has 2 amide bonds. The molecule has 0 aliphatic heterocycles. The molecule has 1 aromatic heterocycles. The Bertz CT molecular complexity index is 428. The Morgan fingerprint density at radius 2 is 2.11 bits per heavy atom. The highest BCUT2D eigenvalue weighted by Crippen LogP contribution is 2.11. The lowest BCUT2D eigenvalue weighted by molar-refractivity contribution is -0.121. The summed E-state index contributed by atoms with van der Waals surface area (Å²) in [6, 6.07) is 3.29. The van der Waals surface area contributed by atoms with Gasteiger partial charge >= 0.3 is 0 Å². The van der Waals surface area contributed by atoms with Crippen molar-refractivity contribution in [1.29, 1.82) is 0 Å². The van der Waals surface area contributed by atoms with Gasteiger partial charge in [0.25, 0.3) is 5.91 Å². The summed E-state index contributed by atoms with van der Waals surface area (Å²) < 4.78 is 10.3. The fraction of sp³-hybridized carbons (Fsp3) is 0.538. The number of hydrogen-bond donors (Lipinski definition) is 1. The SMILES string of the molecule is CCNC(=O)CN(CC)C(=O)c1ccc(COC)o1. The first-order valence-corrected chi connectivity index (χ1v) is 6.26. The zero-order valence-electron chi connectivity index (χ0n) is 11.6. The Kier molecular flexibility index (Phi) is 6.08. The molecule has 1 N–H and O–H groups in total. The zero-order chi connectivity index (χ0) is 14.3. The van der Waals surface area contributed by atoms with E-state index in [1.807, 2.05) is 13.8 Å². The molecule has 0 spiro atoms. The van der Waals surface area contributed by atoms with E-state index < -0.39 is 0 Å². The van der Waals surface area contributed by atoms with Crippen molar-refractivity contribution in [1.82, 2.24) is 10.2 Å². The molecular formula is C13H20N2O4. The van der Waals surface area contributed by atoms with Crippen LogP contribution < -0.4 is 5.32 Å². The summed E-state index contributed by atoms with van der Waals surface area (Å²) in [6.45, 7) is 4.98. The zero-order valence-corrected chi connectivity index (χ0v) is 11.6. The third kappa shape index (κ3) is 4.40. The first-order valence-electron chi connectivity index (χ1n) is 6.26. The molecule has 6 nitrogen and oxygen atoms in total. The molecule has 106 valence electrons. The van der Waals surface area contributed by atoms with Crippen LogP contribution in [-0.4, -0.2) is 43.5 Å². The lowest BCUT2D eigenvalue weighted by Crippen LogP contribution is -2.40. The largest absolute Gasteiger partial charge is 0.453 e. The Morgan fingerprint density at radius 3 is 2.68 bits per heavy atom. The number of hydrogen-bond acceptors (Lipinski definition) is 4. The molecule has 0 radical (unpaired) electrons. The molecule has 0 aromatic carbocycles. The van der Waals surface area contributed by atoms with E-state index in [0.717, 1.165) is 0 Å². The van der Waals surface area contributed by atoms with Crippen molar-refractivity contribution in [3.63, 3.8) is 0 Å². The van der Waals surface area contributed by atoms with Gasteiger partial charge in [0, 0.05) is 20.2 Å². The van der Waals surface area contributed by atoms with Crippen LogP contribution in [0.25, 0.3) is 0 Å². The Labute approximate surface area is 112 Å². The van der Waals surface area contributed by atoms with Crippen LogP contribution in [0.2, 0.25) is 0 Å². The second kappa shape index (κ2) is 7.58. The van der Waals surface area contributed by atoms with Crippen LogP contribution in [0.1, 0.15) is 30.2 Å². The fourth-order valence-corrected chi connectivity index (χ4v) is 1.62. The van der Waals surface area contributed by atoms with E-state index in [1.165, 1.54) is 4.90 Å². The van der Waals surface area contributed by atoms with Crippen LogP contribution in [-0.2, 0) is 16.1 Å². The van der Waals surface area contributed by atoms with Crippen molar-refractivity contribution in [2.45, 2.75) is 20.5 Å². The van der Waals surface area contributed by atoms with E-state index in [4.69, 9.17) is 9.15 Å². The first-order chi connectivity index (χ1) is 9.12. The summed E-state index contributed by atoms with van der Waals surface area (Å²) in [5, 5.41) is 2.66. The molecule has 0 aliphatic carbocycles. The number of likely N-dealkylation sites (N-methyl/N-ethyl adjacent to an activating group) is 2. The lowest BCUT2D eigenvalue weighted by Gasteiger charge is -2.18. The number of carbonyl (C=O) groups is 2. The Hall–Kier alpha value is -1.82. The minimum atomic E-state index is -0.295. The summed E-state index contributed by atoms with van der Waals surface area (Å²) in [4.78, 5) is 25.1. The van der Waals surface area contributed by atoms with Crippen LogP contribution in [0, 0.1) is 0 Å². The van der Waals surface area contributed by atoms with Gasteiger partial charge in [0.05, 0.1) is 6.54 Å². The molecule has 0 saturated carbocycles. The predicted molar refractivity (Wildman–Crippen MR) is 69.7 cm³/mol. The van der Waals surface area contributed by atoms with Gasteiger partial charge in [0.15, 0.2) is 5.76 Å². The summed E-state index contributed by atoms with van der Waals surface area (Å²) in [5.74, 6) is 0.329. The van der Waals surface area contributed by atoms with Crippen LogP contribution >= 0.6 is 0 Å². The van der Waals surface area contributed by atoms with Crippen molar-refractivity contribution in [3.05, 3.63) is 23.7 Å². The highest BCUT2D eigenvalue weighted by molar-refractivity contribution is 5.94. The van der Waals surface area contributed by atoms with Gasteiger partial charge in [-0.1, -0.05) is 0 Å². The second-order valence-electron chi connectivity index (χ2n) is 3.97. The smallest absolute Gasteiger partial charge is 0.290 e. The number of carbonyl (C=O) groups excluding carboxylic acids is 2. The van der Waals surface area contributed by atoms with E-state index in [9.17, 15) is 9.59 Å². The molecule has 1 heterocycles. The molecule has 1 rings (SSSR count). The molecule has 0 unspecified atom stereocenters. The minimum absolute atomic E-state index is 0.0312. The number of amides is 2. The summed E-state index contributed by atoms with van der Waals surface area (Å²) in [5.41, 5.74) is 0. The van der Waals surface area contributed by atoms with Crippen molar-refractivity contribution in [3.8, 4) is 0 Å². The van der Waals surface area contributed by atoms with Gasteiger partial charge in [-0.05, 0) is 26.0 Å². The van der Waals surface area contributed by atoms with Crippen molar-refractivity contribution >= 4 is 11.8 Å². The molecule has 1 aromatic rings. The van der Waals surface area contributed by atoms with Crippen LogP contribution in [0.3, 0.4) is 0 Å². The van der Waals surface area contributed by atoms with E-state index >= 15 is 0 Å². The number of methoxy groups -OCH3 is 1. The van der Waals surface area contributed by atoms with Gasteiger partial charge in [0.1, 0.15) is 12.4 Å². The van der Waals surface area contributed by atoms with Gasteiger partial charge in [-0.25, -0.2) is 0 Å². The number of nitrogens with zero attached hydrogens (tertiary/aromatic N) is 1. The topological polar surface area (TPSA) is 71.8 Å². The lowest BCUT2D eigenvalue weighted by atomic mass is 10.3. The maximum Gasteiger partial charge on any atom is 0.290 e. The van der Waals surface area contributed by atoms with Crippen molar-refractivity contribution in [2.24, 2.45) is 0 Å². The Balaban J connectivity index is 2.68. The van der Waals surface area contributed by atoms with E-state index in [1.54, 1.807) is 19.2 Å². The van der Waals surface area contributed by atoms with E-state index in [0.29, 0.717) is 25.5 Å². The average molecular weight is 268 g/mol. The maximum atomic E-state index is 12.1. The Morgan fingerprint density at radius 1 is 1.37 bits per heavy atom. The minimum Gasteiger partial charge on any atom is -0.453 e.